The fraction of sp³-hybridized carbons (Fsp3) is 0.125. The van der Waals surface area contributed by atoms with Crippen molar-refractivity contribution in [3.63, 3.8) is 0 Å². The number of nitro groups is 1. The molecule has 2 amide bonds. The minimum absolute atomic E-state index is 0.0625. The monoisotopic (exact) mass is 391 g/mol. The van der Waals surface area contributed by atoms with Gasteiger partial charge in [-0.15, -0.1) is 0 Å². The fourth-order valence-corrected chi connectivity index (χ4v) is 2.38. The Kier molecular flexibility index (Phi) is 5.30. The van der Waals surface area contributed by atoms with Gasteiger partial charge in [0.25, 0.3) is 17.5 Å². The van der Waals surface area contributed by atoms with E-state index in [1.165, 1.54) is 23.1 Å². The highest BCUT2D eigenvalue weighted by Gasteiger charge is 2.21. The highest BCUT2D eigenvalue weighted by Crippen LogP contribution is 2.24. The van der Waals surface area contributed by atoms with Crippen molar-refractivity contribution in [1.29, 1.82) is 0 Å². The number of carbonyl (C=O) groups is 2. The van der Waals surface area contributed by atoms with Gasteiger partial charge in [0.05, 0.1) is 4.92 Å². The molecule has 0 aliphatic carbocycles. The predicted molar refractivity (Wildman–Crippen MR) is 93.2 cm³/mol. The van der Waals surface area contributed by atoms with Crippen LogP contribution in [0.1, 0.15) is 20.7 Å². The van der Waals surface area contributed by atoms with Crippen molar-refractivity contribution >= 4 is 39.1 Å². The summed E-state index contributed by atoms with van der Waals surface area (Å²) in [5.41, 5.74) is 0.419. The number of hydrogen-bond acceptors (Lipinski definition) is 4. The van der Waals surface area contributed by atoms with Gasteiger partial charge < -0.3 is 10.2 Å². The number of rotatable bonds is 4. The number of nitro benzene ring substituents is 1. The predicted octanol–water partition coefficient (Wildman–Crippen LogP) is 3.31. The molecule has 0 fully saturated rings. The average molecular weight is 392 g/mol. The molecule has 2 aromatic carbocycles. The number of amides is 2. The second-order valence-corrected chi connectivity index (χ2v) is 6.07. The molecule has 124 valence electrons. The maximum absolute atomic E-state index is 12.3. The molecule has 0 radical (unpaired) electrons. The van der Waals surface area contributed by atoms with E-state index in [2.05, 4.69) is 21.2 Å². The van der Waals surface area contributed by atoms with E-state index in [1.54, 1.807) is 38.4 Å². The lowest BCUT2D eigenvalue weighted by Gasteiger charge is -2.12. The normalized spacial score (nSPS) is 10.1. The average Bonchev–Trinajstić information content (AvgIpc) is 2.53. The number of benzene rings is 2. The Morgan fingerprint density at radius 1 is 1.17 bits per heavy atom. The zero-order chi connectivity index (χ0) is 17.9. The second-order valence-electron chi connectivity index (χ2n) is 5.15. The molecule has 0 aromatic heterocycles. The SMILES string of the molecule is CN(C)C(=O)c1cccc(NC(=O)c2ccc(Br)cc2[N+](=O)[O-])c1. The number of halogens is 1. The van der Waals surface area contributed by atoms with E-state index in [1.807, 2.05) is 0 Å². The first-order valence-electron chi connectivity index (χ1n) is 6.86. The second kappa shape index (κ2) is 7.22. The minimum Gasteiger partial charge on any atom is -0.345 e. The molecule has 0 atom stereocenters. The smallest absolute Gasteiger partial charge is 0.283 e. The van der Waals surface area contributed by atoms with Crippen LogP contribution < -0.4 is 5.32 Å². The molecule has 0 bridgehead atoms. The summed E-state index contributed by atoms with van der Waals surface area (Å²) in [7, 11) is 3.25. The third-order valence-electron chi connectivity index (χ3n) is 3.17. The zero-order valence-corrected chi connectivity index (χ0v) is 14.5. The molecule has 8 heteroatoms. The van der Waals surface area contributed by atoms with Crippen LogP contribution in [0.5, 0.6) is 0 Å². The Morgan fingerprint density at radius 3 is 2.50 bits per heavy atom. The summed E-state index contributed by atoms with van der Waals surface area (Å²) in [4.78, 5) is 36.2. The molecule has 7 nitrogen and oxygen atoms in total. The third-order valence-corrected chi connectivity index (χ3v) is 3.67. The molecule has 0 aliphatic heterocycles. The Bertz CT molecular complexity index is 821. The van der Waals surface area contributed by atoms with Crippen molar-refractivity contribution in [2.24, 2.45) is 0 Å². The van der Waals surface area contributed by atoms with Gasteiger partial charge in [-0.05, 0) is 30.3 Å². The molecule has 2 rings (SSSR count). The van der Waals surface area contributed by atoms with Crippen LogP contribution in [-0.4, -0.2) is 35.7 Å². The molecular formula is C16H14BrN3O4. The summed E-state index contributed by atoms with van der Waals surface area (Å²) < 4.78 is 0.504. The van der Waals surface area contributed by atoms with Gasteiger partial charge in [0.15, 0.2) is 0 Å². The van der Waals surface area contributed by atoms with Crippen molar-refractivity contribution in [2.45, 2.75) is 0 Å². The van der Waals surface area contributed by atoms with Crippen molar-refractivity contribution in [3.8, 4) is 0 Å². The van der Waals surface area contributed by atoms with E-state index >= 15 is 0 Å². The van der Waals surface area contributed by atoms with E-state index in [0.29, 0.717) is 15.7 Å². The number of anilines is 1. The molecule has 0 saturated heterocycles. The van der Waals surface area contributed by atoms with Gasteiger partial charge in [0.1, 0.15) is 5.56 Å². The molecule has 0 aliphatic rings. The van der Waals surface area contributed by atoms with Gasteiger partial charge in [-0.1, -0.05) is 22.0 Å². The fourth-order valence-electron chi connectivity index (χ4n) is 2.03. The minimum atomic E-state index is -0.622. The summed E-state index contributed by atoms with van der Waals surface area (Å²) in [5.74, 6) is -0.829. The number of hydrogen-bond donors (Lipinski definition) is 1. The third kappa shape index (κ3) is 3.96. The number of nitrogens with one attached hydrogen (secondary N) is 1. The number of nitrogens with zero attached hydrogens (tertiary/aromatic N) is 2. The first kappa shape index (κ1) is 17.6. The van der Waals surface area contributed by atoms with E-state index in [-0.39, 0.29) is 17.2 Å². The van der Waals surface area contributed by atoms with Crippen LogP contribution in [0.4, 0.5) is 11.4 Å². The zero-order valence-electron chi connectivity index (χ0n) is 12.9. The number of carbonyl (C=O) groups excluding carboxylic acids is 2. The van der Waals surface area contributed by atoms with Crippen LogP contribution in [0.2, 0.25) is 0 Å². The van der Waals surface area contributed by atoms with Crippen molar-refractivity contribution in [3.05, 3.63) is 68.2 Å². The van der Waals surface area contributed by atoms with E-state index in [9.17, 15) is 19.7 Å². The highest BCUT2D eigenvalue weighted by atomic mass is 79.9. The molecule has 0 spiro atoms. The van der Waals surface area contributed by atoms with Gasteiger partial charge >= 0.3 is 0 Å². The summed E-state index contributed by atoms with van der Waals surface area (Å²) in [6.45, 7) is 0. The first-order valence-corrected chi connectivity index (χ1v) is 7.66. The Labute approximate surface area is 146 Å². The molecule has 0 saturated carbocycles. The van der Waals surface area contributed by atoms with Crippen LogP contribution in [0.3, 0.4) is 0 Å². The Morgan fingerprint density at radius 2 is 1.88 bits per heavy atom. The maximum Gasteiger partial charge on any atom is 0.283 e. The lowest BCUT2D eigenvalue weighted by atomic mass is 10.1. The molecular weight excluding hydrogens is 378 g/mol. The van der Waals surface area contributed by atoms with E-state index in [4.69, 9.17) is 0 Å². The maximum atomic E-state index is 12.3. The van der Waals surface area contributed by atoms with E-state index < -0.39 is 10.8 Å². The summed E-state index contributed by atoms with van der Waals surface area (Å²) in [6, 6.07) is 10.6. The lowest BCUT2D eigenvalue weighted by Crippen LogP contribution is -2.22. The highest BCUT2D eigenvalue weighted by molar-refractivity contribution is 9.10. The largest absolute Gasteiger partial charge is 0.345 e. The van der Waals surface area contributed by atoms with Crippen LogP contribution in [-0.2, 0) is 0 Å². The van der Waals surface area contributed by atoms with Gasteiger partial charge in [-0.25, -0.2) is 0 Å². The first-order chi connectivity index (χ1) is 11.3. The Balaban J connectivity index is 2.29. The van der Waals surface area contributed by atoms with Gasteiger partial charge in [-0.3, -0.25) is 19.7 Å². The van der Waals surface area contributed by atoms with Gasteiger partial charge in [0, 0.05) is 35.9 Å². The molecule has 0 unspecified atom stereocenters. The van der Waals surface area contributed by atoms with E-state index in [0.717, 1.165) is 0 Å². The van der Waals surface area contributed by atoms with Crippen molar-refractivity contribution < 1.29 is 14.5 Å². The van der Waals surface area contributed by atoms with Crippen LogP contribution in [0.25, 0.3) is 0 Å². The molecule has 0 heterocycles. The van der Waals surface area contributed by atoms with Gasteiger partial charge in [0.2, 0.25) is 0 Å². The topological polar surface area (TPSA) is 92.6 Å². The quantitative estimate of drug-likeness (QED) is 0.638. The van der Waals surface area contributed by atoms with Crippen LogP contribution in [0.15, 0.2) is 46.9 Å². The van der Waals surface area contributed by atoms with Crippen LogP contribution >= 0.6 is 15.9 Å². The summed E-state index contributed by atoms with van der Waals surface area (Å²) in [5, 5.41) is 13.7. The van der Waals surface area contributed by atoms with Gasteiger partial charge in [-0.2, -0.15) is 0 Å². The lowest BCUT2D eigenvalue weighted by molar-refractivity contribution is -0.385. The summed E-state index contributed by atoms with van der Waals surface area (Å²) in [6.07, 6.45) is 0. The molecule has 1 N–H and O–H groups in total. The van der Waals surface area contributed by atoms with Crippen molar-refractivity contribution in [2.75, 3.05) is 19.4 Å². The Hall–Kier alpha value is -2.74. The summed E-state index contributed by atoms with van der Waals surface area (Å²) >= 11 is 3.14. The van der Waals surface area contributed by atoms with Crippen molar-refractivity contribution in [1.82, 2.24) is 4.90 Å². The van der Waals surface area contributed by atoms with Crippen LogP contribution in [0, 0.1) is 10.1 Å². The standard InChI is InChI=1S/C16H14BrN3O4/c1-19(2)16(22)10-4-3-5-12(8-10)18-15(21)13-7-6-11(17)9-14(13)20(23)24/h3-9H,1-2H3,(H,18,21). The molecule has 2 aromatic rings. The molecule has 24 heavy (non-hydrogen) atoms.